The van der Waals surface area contributed by atoms with Gasteiger partial charge in [0.05, 0.1) is 20.1 Å². The first-order valence-corrected chi connectivity index (χ1v) is 9.97. The number of thiophene rings is 1. The van der Waals surface area contributed by atoms with Gasteiger partial charge in [0.25, 0.3) is 0 Å². The van der Waals surface area contributed by atoms with Crippen molar-refractivity contribution in [2.45, 2.75) is 25.9 Å². The summed E-state index contributed by atoms with van der Waals surface area (Å²) >= 11 is 3.25. The molecule has 132 valence electrons. The van der Waals surface area contributed by atoms with Crippen molar-refractivity contribution >= 4 is 38.9 Å². The zero-order chi connectivity index (χ0) is 17.8. The summed E-state index contributed by atoms with van der Waals surface area (Å²) in [4.78, 5) is 17.5. The number of hydrogen-bond donors (Lipinski definition) is 0. The first kappa shape index (κ1) is 16.9. The van der Waals surface area contributed by atoms with Crippen LogP contribution in [0.15, 0.2) is 52.4 Å². The smallest absolute Gasteiger partial charge is 0.306 e. The molecule has 4 rings (SSSR count). The van der Waals surface area contributed by atoms with Crippen LogP contribution in [-0.4, -0.2) is 16.1 Å². The molecule has 0 aliphatic rings. The molecule has 0 bridgehead atoms. The standard InChI is InChI=1S/C19H16N2O3S2/c22-19(9-3-8-18-20-14-5-1-2-6-16(14)26-18)23-12-13-11-15(24-21-13)17-7-4-10-25-17/h1-2,4-7,10-11H,3,8-9,12H2. The molecule has 0 radical (unpaired) electrons. The number of aromatic nitrogens is 2. The summed E-state index contributed by atoms with van der Waals surface area (Å²) in [5.74, 6) is 0.466. The number of nitrogens with zero attached hydrogens (tertiary/aromatic N) is 2. The van der Waals surface area contributed by atoms with Crippen molar-refractivity contribution in [3.63, 3.8) is 0 Å². The number of hydrogen-bond acceptors (Lipinski definition) is 7. The first-order chi connectivity index (χ1) is 12.8. The minimum atomic E-state index is -0.230. The quantitative estimate of drug-likeness (QED) is 0.416. The third-order valence-corrected chi connectivity index (χ3v) is 5.79. The Kier molecular flexibility index (Phi) is 5.08. The molecular formula is C19H16N2O3S2. The second-order valence-corrected chi connectivity index (χ2v) is 7.81. The average molecular weight is 384 g/mol. The third kappa shape index (κ3) is 4.00. The molecular weight excluding hydrogens is 368 g/mol. The molecule has 1 aromatic carbocycles. The van der Waals surface area contributed by atoms with Gasteiger partial charge in [-0.1, -0.05) is 23.4 Å². The van der Waals surface area contributed by atoms with Crippen LogP contribution in [0.4, 0.5) is 0 Å². The van der Waals surface area contributed by atoms with Crippen molar-refractivity contribution < 1.29 is 14.1 Å². The number of para-hydroxylation sites is 1. The number of fused-ring (bicyclic) bond motifs is 1. The molecule has 0 unspecified atom stereocenters. The van der Waals surface area contributed by atoms with Gasteiger partial charge in [0, 0.05) is 12.5 Å². The van der Waals surface area contributed by atoms with Gasteiger partial charge < -0.3 is 9.26 Å². The zero-order valence-electron chi connectivity index (χ0n) is 13.9. The number of aryl methyl sites for hydroxylation is 1. The van der Waals surface area contributed by atoms with Crippen LogP contribution in [0.3, 0.4) is 0 Å². The molecule has 3 heterocycles. The van der Waals surface area contributed by atoms with E-state index < -0.39 is 0 Å². The van der Waals surface area contributed by atoms with Crippen molar-refractivity contribution in [2.24, 2.45) is 0 Å². The molecule has 7 heteroatoms. The van der Waals surface area contributed by atoms with E-state index in [9.17, 15) is 4.79 Å². The van der Waals surface area contributed by atoms with Crippen LogP contribution in [0.5, 0.6) is 0 Å². The largest absolute Gasteiger partial charge is 0.459 e. The fourth-order valence-corrected chi connectivity index (χ4v) is 4.23. The Bertz CT molecular complexity index is 972. The molecule has 0 amide bonds. The van der Waals surface area contributed by atoms with E-state index in [0.29, 0.717) is 17.9 Å². The van der Waals surface area contributed by atoms with E-state index >= 15 is 0 Å². The van der Waals surface area contributed by atoms with Gasteiger partial charge in [-0.2, -0.15) is 0 Å². The molecule has 0 saturated carbocycles. The highest BCUT2D eigenvalue weighted by molar-refractivity contribution is 7.18. The van der Waals surface area contributed by atoms with E-state index in [2.05, 4.69) is 16.2 Å². The summed E-state index contributed by atoms with van der Waals surface area (Å²) in [7, 11) is 0. The molecule has 0 spiro atoms. The Morgan fingerprint density at radius 2 is 2.12 bits per heavy atom. The Labute approximate surface area is 158 Å². The van der Waals surface area contributed by atoms with E-state index in [1.54, 1.807) is 28.7 Å². The van der Waals surface area contributed by atoms with Crippen LogP contribution in [0.1, 0.15) is 23.5 Å². The Hall–Kier alpha value is -2.51. The van der Waals surface area contributed by atoms with Crippen molar-refractivity contribution in [3.05, 3.63) is 58.5 Å². The highest BCUT2D eigenvalue weighted by Crippen LogP contribution is 2.25. The second-order valence-electron chi connectivity index (χ2n) is 5.75. The maximum absolute atomic E-state index is 11.9. The lowest BCUT2D eigenvalue weighted by atomic mass is 10.2. The van der Waals surface area contributed by atoms with Gasteiger partial charge in [-0.3, -0.25) is 4.79 Å². The number of rotatable bonds is 7. The maximum Gasteiger partial charge on any atom is 0.306 e. The van der Waals surface area contributed by atoms with Crippen LogP contribution in [-0.2, 0) is 22.6 Å². The predicted molar refractivity (Wildman–Crippen MR) is 102 cm³/mol. The van der Waals surface area contributed by atoms with E-state index in [-0.39, 0.29) is 12.6 Å². The van der Waals surface area contributed by atoms with Crippen molar-refractivity contribution in [1.82, 2.24) is 10.1 Å². The van der Waals surface area contributed by atoms with Gasteiger partial charge in [0.1, 0.15) is 12.3 Å². The normalized spacial score (nSPS) is 11.1. The van der Waals surface area contributed by atoms with Crippen molar-refractivity contribution in [1.29, 1.82) is 0 Å². The molecule has 4 aromatic rings. The van der Waals surface area contributed by atoms with Gasteiger partial charge in [0.2, 0.25) is 0 Å². The van der Waals surface area contributed by atoms with Gasteiger partial charge in [0.15, 0.2) is 5.76 Å². The fraction of sp³-hybridized carbons (Fsp3) is 0.211. The van der Waals surface area contributed by atoms with Gasteiger partial charge in [-0.25, -0.2) is 4.98 Å². The molecule has 0 N–H and O–H groups in total. The minimum absolute atomic E-state index is 0.134. The zero-order valence-corrected chi connectivity index (χ0v) is 15.5. The molecule has 0 atom stereocenters. The van der Waals surface area contributed by atoms with Crippen LogP contribution < -0.4 is 0 Å². The van der Waals surface area contributed by atoms with Crippen LogP contribution in [0.25, 0.3) is 20.9 Å². The van der Waals surface area contributed by atoms with Gasteiger partial charge >= 0.3 is 5.97 Å². The highest BCUT2D eigenvalue weighted by atomic mass is 32.1. The Morgan fingerprint density at radius 3 is 2.96 bits per heavy atom. The molecule has 0 saturated heterocycles. The lowest BCUT2D eigenvalue weighted by molar-refractivity contribution is -0.145. The minimum Gasteiger partial charge on any atom is -0.459 e. The highest BCUT2D eigenvalue weighted by Gasteiger charge is 2.11. The van der Waals surface area contributed by atoms with Crippen LogP contribution >= 0.6 is 22.7 Å². The summed E-state index contributed by atoms with van der Waals surface area (Å²) in [5.41, 5.74) is 1.63. The first-order valence-electron chi connectivity index (χ1n) is 8.27. The topological polar surface area (TPSA) is 65.2 Å². The Morgan fingerprint density at radius 1 is 1.19 bits per heavy atom. The van der Waals surface area contributed by atoms with E-state index in [4.69, 9.17) is 9.26 Å². The van der Waals surface area contributed by atoms with E-state index in [1.165, 1.54) is 4.70 Å². The maximum atomic E-state index is 11.9. The second kappa shape index (κ2) is 7.80. The summed E-state index contributed by atoms with van der Waals surface area (Å²) in [6.45, 7) is 0.134. The van der Waals surface area contributed by atoms with Gasteiger partial charge in [-0.15, -0.1) is 22.7 Å². The predicted octanol–water partition coefficient (Wildman–Crippen LogP) is 5.08. The van der Waals surface area contributed by atoms with Crippen LogP contribution in [0.2, 0.25) is 0 Å². The van der Waals surface area contributed by atoms with Crippen molar-refractivity contribution in [2.75, 3.05) is 0 Å². The number of carbonyl (C=O) groups is 1. The molecule has 5 nitrogen and oxygen atoms in total. The number of thiazole rings is 1. The summed E-state index contributed by atoms with van der Waals surface area (Å²) in [5, 5.41) is 6.97. The van der Waals surface area contributed by atoms with Gasteiger partial charge in [-0.05, 0) is 36.4 Å². The number of carbonyl (C=O) groups excluding carboxylic acids is 1. The molecule has 0 fully saturated rings. The lowest BCUT2D eigenvalue weighted by Gasteiger charge is -2.01. The van der Waals surface area contributed by atoms with E-state index in [1.807, 2.05) is 35.7 Å². The lowest BCUT2D eigenvalue weighted by Crippen LogP contribution is -2.05. The summed E-state index contributed by atoms with van der Waals surface area (Å²) in [6, 6.07) is 13.8. The summed E-state index contributed by atoms with van der Waals surface area (Å²) < 4.78 is 11.7. The fourth-order valence-electron chi connectivity index (χ4n) is 2.55. The van der Waals surface area contributed by atoms with E-state index in [0.717, 1.165) is 28.2 Å². The Balaban J connectivity index is 1.23. The van der Waals surface area contributed by atoms with Crippen LogP contribution in [0, 0.1) is 0 Å². The number of ether oxygens (including phenoxy) is 1. The van der Waals surface area contributed by atoms with Crippen molar-refractivity contribution in [3.8, 4) is 10.6 Å². The molecule has 26 heavy (non-hydrogen) atoms. The third-order valence-electron chi connectivity index (χ3n) is 3.81. The molecule has 0 aliphatic carbocycles. The molecule has 3 aromatic heterocycles. The number of benzene rings is 1. The average Bonchev–Trinajstić information content (AvgIpc) is 3.38. The monoisotopic (exact) mass is 384 g/mol. The molecule has 0 aliphatic heterocycles. The summed E-state index contributed by atoms with van der Waals surface area (Å²) in [6.07, 6.45) is 1.87. The number of esters is 1. The SMILES string of the molecule is O=C(CCCc1nc2ccccc2s1)OCc1cc(-c2cccs2)on1.